The molecule has 1 aliphatic carbocycles. The highest BCUT2D eigenvalue weighted by Gasteiger charge is 2.19. The third-order valence-corrected chi connectivity index (χ3v) is 6.65. The molecule has 0 radical (unpaired) electrons. The fraction of sp³-hybridized carbons (Fsp3) is 0.500. The predicted molar refractivity (Wildman–Crippen MR) is 126 cm³/mol. The Kier molecular flexibility index (Phi) is 6.52. The predicted octanol–water partition coefficient (Wildman–Crippen LogP) is 4.01. The van der Waals surface area contributed by atoms with Gasteiger partial charge in [-0.1, -0.05) is 19.9 Å². The minimum absolute atomic E-state index is 0.0997. The summed E-state index contributed by atoms with van der Waals surface area (Å²) in [7, 11) is 0. The van der Waals surface area contributed by atoms with Gasteiger partial charge in [-0.3, -0.25) is 0 Å². The van der Waals surface area contributed by atoms with Gasteiger partial charge in [0.05, 0.1) is 0 Å². The number of nitrogens with zero attached hydrogens (tertiary/aromatic N) is 4. The number of aromatic nitrogens is 4. The van der Waals surface area contributed by atoms with Crippen molar-refractivity contribution in [2.75, 3.05) is 12.3 Å². The monoisotopic (exact) mass is 522 g/mol. The highest BCUT2D eigenvalue weighted by atomic mass is 127. The van der Waals surface area contributed by atoms with E-state index in [1.165, 1.54) is 33.1 Å². The average Bonchev–Trinajstić information content (AvgIpc) is 3.26. The van der Waals surface area contributed by atoms with Gasteiger partial charge in [0.1, 0.15) is 5.82 Å². The second kappa shape index (κ2) is 9.13. The van der Waals surface area contributed by atoms with Crippen LogP contribution in [0, 0.1) is 9.65 Å². The van der Waals surface area contributed by atoms with Crippen molar-refractivity contribution in [3.63, 3.8) is 0 Å². The van der Waals surface area contributed by atoms with E-state index in [1.54, 1.807) is 0 Å². The van der Waals surface area contributed by atoms with Gasteiger partial charge >= 0.3 is 6.08 Å². The first-order valence-electron chi connectivity index (χ1n) is 10.6. The summed E-state index contributed by atoms with van der Waals surface area (Å²) in [6.07, 6.45) is 5.38. The molecule has 3 aromatic rings. The molecule has 0 amide bonds. The molecule has 1 aromatic carbocycles. The first kappa shape index (κ1) is 21.4. The molecule has 0 spiro atoms. The largest absolute Gasteiger partial charge is 0.382 e. The highest BCUT2D eigenvalue weighted by molar-refractivity contribution is 14.1. The van der Waals surface area contributed by atoms with Gasteiger partial charge in [0.2, 0.25) is 0 Å². The van der Waals surface area contributed by atoms with Crippen molar-refractivity contribution in [3.05, 3.63) is 44.3 Å². The Hall–Kier alpha value is -1.81. The molecule has 160 valence electrons. The Morgan fingerprint density at radius 3 is 2.70 bits per heavy atom. The van der Waals surface area contributed by atoms with Crippen molar-refractivity contribution in [1.82, 2.24) is 24.8 Å². The Bertz CT molecular complexity index is 1060. The topological polar surface area (TPSA) is 81.7 Å². The second-order valence-corrected chi connectivity index (χ2v) is 9.45. The summed E-state index contributed by atoms with van der Waals surface area (Å²) in [6.45, 7) is 5.96. The molecule has 3 N–H and O–H groups in total. The maximum Gasteiger partial charge on any atom is 0.312 e. The minimum atomic E-state index is -0.804. The molecule has 4 rings (SSSR count). The lowest BCUT2D eigenvalue weighted by Gasteiger charge is -2.12. The second-order valence-electron chi connectivity index (χ2n) is 8.29. The molecule has 2 aromatic heterocycles. The van der Waals surface area contributed by atoms with Crippen LogP contribution in [-0.4, -0.2) is 32.1 Å². The molecule has 0 saturated carbocycles. The molecule has 0 aliphatic heterocycles. The number of unbranched alkanes of at least 4 members (excludes halogenated alkanes) is 1. The normalized spacial score (nSPS) is 13.5. The number of hydrogen-bond donors (Lipinski definition) is 2. The van der Waals surface area contributed by atoms with Crippen LogP contribution in [0.5, 0.6) is 0 Å². The van der Waals surface area contributed by atoms with Gasteiger partial charge in [-0.2, -0.15) is 14.4 Å². The number of hydrogen-bond acceptors (Lipinski definition) is 5. The molecule has 0 atom stereocenters. The van der Waals surface area contributed by atoms with Crippen LogP contribution in [0.2, 0.25) is 0 Å². The number of nitrogen functional groups attached to an aromatic ring is 1. The van der Waals surface area contributed by atoms with Gasteiger partial charge in [0.25, 0.3) is 0 Å². The zero-order valence-corrected chi connectivity index (χ0v) is 19.7. The van der Waals surface area contributed by atoms with E-state index < -0.39 is 6.08 Å². The van der Waals surface area contributed by atoms with E-state index in [4.69, 9.17) is 10.7 Å². The standard InChI is InChI=1S/C22H28FIN6/c1-13(2)26-8-3-4-9-30-18(27-19-20(25)28-22(23)29-21(19)30)12-16-10-14-6-5-7-15(14)11-17(16)24/h10-11,13,26H,3-9,12H2,1-2H3,(H2,25,28,29). The van der Waals surface area contributed by atoms with Crippen LogP contribution in [-0.2, 0) is 25.8 Å². The number of aryl methyl sites for hydroxylation is 3. The number of rotatable bonds is 8. The third kappa shape index (κ3) is 4.59. The fourth-order valence-corrected chi connectivity index (χ4v) is 4.87. The van der Waals surface area contributed by atoms with Crippen LogP contribution in [0.3, 0.4) is 0 Å². The van der Waals surface area contributed by atoms with E-state index in [2.05, 4.69) is 63.9 Å². The minimum Gasteiger partial charge on any atom is -0.382 e. The Balaban J connectivity index is 1.64. The zero-order valence-electron chi connectivity index (χ0n) is 17.5. The molecule has 8 heteroatoms. The summed E-state index contributed by atoms with van der Waals surface area (Å²) < 4.78 is 17.2. The molecule has 30 heavy (non-hydrogen) atoms. The molecular formula is C22H28FIN6. The van der Waals surface area contributed by atoms with Crippen molar-refractivity contribution in [3.8, 4) is 0 Å². The van der Waals surface area contributed by atoms with E-state index >= 15 is 0 Å². The maximum atomic E-state index is 13.9. The van der Waals surface area contributed by atoms with Crippen molar-refractivity contribution in [2.24, 2.45) is 0 Å². The van der Waals surface area contributed by atoms with E-state index in [-0.39, 0.29) is 5.82 Å². The number of anilines is 1. The van der Waals surface area contributed by atoms with Crippen molar-refractivity contribution >= 4 is 39.6 Å². The van der Waals surface area contributed by atoms with Crippen molar-refractivity contribution in [2.45, 2.75) is 65.0 Å². The molecule has 1 aliphatic rings. The lowest BCUT2D eigenvalue weighted by atomic mass is 10.0. The quantitative estimate of drug-likeness (QED) is 0.266. The molecular weight excluding hydrogens is 494 g/mol. The first-order valence-corrected chi connectivity index (χ1v) is 11.7. The van der Waals surface area contributed by atoms with Crippen LogP contribution in [0.1, 0.15) is 55.6 Å². The molecule has 0 fully saturated rings. The van der Waals surface area contributed by atoms with E-state index in [0.29, 0.717) is 23.6 Å². The van der Waals surface area contributed by atoms with Crippen LogP contribution in [0.15, 0.2) is 12.1 Å². The summed E-state index contributed by atoms with van der Waals surface area (Å²) in [5.41, 5.74) is 11.1. The van der Waals surface area contributed by atoms with Gasteiger partial charge in [-0.25, -0.2) is 4.98 Å². The molecule has 6 nitrogen and oxygen atoms in total. The average molecular weight is 522 g/mol. The number of benzene rings is 1. The summed E-state index contributed by atoms with van der Waals surface area (Å²) in [6, 6.07) is 5.09. The highest BCUT2D eigenvalue weighted by Crippen LogP contribution is 2.29. The molecule has 0 saturated heterocycles. The molecule has 2 heterocycles. The van der Waals surface area contributed by atoms with Gasteiger partial charge in [0.15, 0.2) is 17.0 Å². The van der Waals surface area contributed by atoms with Gasteiger partial charge in [-0.05, 0) is 84.0 Å². The number of nitrogens with two attached hydrogens (primary N) is 1. The zero-order chi connectivity index (χ0) is 21.3. The van der Waals surface area contributed by atoms with Gasteiger partial charge in [-0.15, -0.1) is 0 Å². The van der Waals surface area contributed by atoms with Crippen LogP contribution in [0.4, 0.5) is 10.2 Å². The molecule has 0 bridgehead atoms. The SMILES string of the molecule is CC(C)NCCCCn1c(Cc2cc3c(cc2I)CCC3)nc2c(N)nc(F)nc21. The van der Waals surface area contributed by atoms with Crippen LogP contribution >= 0.6 is 22.6 Å². The third-order valence-electron chi connectivity index (χ3n) is 5.64. The number of halogens is 2. The molecule has 0 unspecified atom stereocenters. The van der Waals surface area contributed by atoms with Crippen molar-refractivity contribution < 1.29 is 4.39 Å². The van der Waals surface area contributed by atoms with E-state index in [1.807, 2.05) is 4.57 Å². The number of imidazole rings is 1. The summed E-state index contributed by atoms with van der Waals surface area (Å²) in [5, 5.41) is 3.44. The Labute approximate surface area is 190 Å². The Morgan fingerprint density at radius 1 is 1.17 bits per heavy atom. The number of fused-ring (bicyclic) bond motifs is 2. The van der Waals surface area contributed by atoms with E-state index in [0.717, 1.165) is 38.2 Å². The summed E-state index contributed by atoms with van der Waals surface area (Å²) >= 11 is 2.41. The Morgan fingerprint density at radius 2 is 1.93 bits per heavy atom. The summed E-state index contributed by atoms with van der Waals surface area (Å²) in [4.78, 5) is 12.4. The number of nitrogens with one attached hydrogen (secondary N) is 1. The summed E-state index contributed by atoms with van der Waals surface area (Å²) in [5.74, 6) is 0.965. The first-order chi connectivity index (χ1) is 14.4. The van der Waals surface area contributed by atoms with Gasteiger partial charge in [0, 0.05) is 22.6 Å². The lowest BCUT2D eigenvalue weighted by Crippen LogP contribution is -2.23. The lowest BCUT2D eigenvalue weighted by molar-refractivity contribution is 0.522. The van der Waals surface area contributed by atoms with Crippen LogP contribution < -0.4 is 11.1 Å². The maximum absolute atomic E-state index is 13.9. The van der Waals surface area contributed by atoms with Crippen molar-refractivity contribution in [1.29, 1.82) is 0 Å². The van der Waals surface area contributed by atoms with Crippen LogP contribution in [0.25, 0.3) is 11.2 Å². The fourth-order valence-electron chi connectivity index (χ4n) is 4.15. The van der Waals surface area contributed by atoms with Gasteiger partial charge < -0.3 is 15.6 Å². The smallest absolute Gasteiger partial charge is 0.312 e. The van der Waals surface area contributed by atoms with E-state index in [9.17, 15) is 4.39 Å².